The lowest BCUT2D eigenvalue weighted by molar-refractivity contribution is 0.0945. The van der Waals surface area contributed by atoms with Crippen LogP contribution in [0.1, 0.15) is 40.1 Å². The summed E-state index contributed by atoms with van der Waals surface area (Å²) in [4.78, 5) is 25.3. The third-order valence-corrected chi connectivity index (χ3v) is 6.32. The molecule has 10 heteroatoms. The number of nitrogens with one attached hydrogen (secondary N) is 3. The van der Waals surface area contributed by atoms with Crippen molar-refractivity contribution in [2.75, 3.05) is 37.1 Å². The average Bonchev–Trinajstić information content (AvgIpc) is 2.86. The minimum atomic E-state index is -3.38. The Hall–Kier alpha value is -4.05. The van der Waals surface area contributed by atoms with Gasteiger partial charge in [0.25, 0.3) is 11.8 Å². The lowest BCUT2D eigenvalue weighted by atomic mass is 9.84. The first-order valence-corrected chi connectivity index (χ1v) is 13.3. The van der Waals surface area contributed by atoms with Crippen molar-refractivity contribution in [1.29, 1.82) is 0 Å². The molecule has 3 aromatic carbocycles. The molecule has 2 amide bonds. The van der Waals surface area contributed by atoms with Crippen molar-refractivity contribution in [3.8, 4) is 11.5 Å². The normalized spacial score (nSPS) is 11.4. The lowest BCUT2D eigenvalue weighted by Crippen LogP contribution is -2.36. The molecule has 37 heavy (non-hydrogen) atoms. The molecule has 0 fully saturated rings. The van der Waals surface area contributed by atoms with Gasteiger partial charge in [0.2, 0.25) is 10.0 Å². The molecule has 0 aliphatic rings. The number of hydrogen-bond acceptors (Lipinski definition) is 6. The third kappa shape index (κ3) is 7.47. The molecule has 0 saturated heterocycles. The van der Waals surface area contributed by atoms with E-state index < -0.39 is 10.0 Å². The van der Waals surface area contributed by atoms with E-state index in [9.17, 15) is 18.0 Å². The molecule has 3 rings (SSSR count). The van der Waals surface area contributed by atoms with Crippen LogP contribution < -0.4 is 24.8 Å². The van der Waals surface area contributed by atoms with Crippen molar-refractivity contribution in [3.63, 3.8) is 0 Å². The van der Waals surface area contributed by atoms with Crippen molar-refractivity contribution >= 4 is 33.2 Å². The Morgan fingerprint density at radius 2 is 1.35 bits per heavy atom. The second-order valence-corrected chi connectivity index (χ2v) is 10.9. The van der Waals surface area contributed by atoms with Gasteiger partial charge in [-0.1, -0.05) is 26.0 Å². The fourth-order valence-electron chi connectivity index (χ4n) is 3.59. The van der Waals surface area contributed by atoms with Gasteiger partial charge in [-0.2, -0.15) is 0 Å². The smallest absolute Gasteiger partial charge is 0.255 e. The highest BCUT2D eigenvalue weighted by Crippen LogP contribution is 2.28. The van der Waals surface area contributed by atoms with Crippen LogP contribution in [-0.2, 0) is 15.4 Å². The van der Waals surface area contributed by atoms with Crippen molar-refractivity contribution < 1.29 is 27.5 Å². The molecule has 0 saturated carbocycles. The van der Waals surface area contributed by atoms with Gasteiger partial charge in [-0.15, -0.1) is 0 Å². The topological polar surface area (TPSA) is 123 Å². The number of hydrogen-bond donors (Lipinski definition) is 3. The Kier molecular flexibility index (Phi) is 8.44. The number of ether oxygens (including phenoxy) is 2. The molecule has 3 N–H and O–H groups in total. The Bertz CT molecular complexity index is 1370. The van der Waals surface area contributed by atoms with Gasteiger partial charge in [-0.3, -0.25) is 14.3 Å². The molecule has 0 aliphatic heterocycles. The van der Waals surface area contributed by atoms with E-state index in [1.807, 2.05) is 38.1 Å². The number of sulfonamides is 1. The largest absolute Gasteiger partial charge is 0.493 e. The van der Waals surface area contributed by atoms with Gasteiger partial charge >= 0.3 is 0 Å². The second kappa shape index (κ2) is 11.3. The molecule has 0 aromatic heterocycles. The molecule has 0 unspecified atom stereocenters. The molecule has 0 spiro atoms. The average molecular weight is 526 g/mol. The maximum Gasteiger partial charge on any atom is 0.255 e. The quantitative estimate of drug-likeness (QED) is 0.367. The van der Waals surface area contributed by atoms with E-state index in [1.165, 1.54) is 26.4 Å². The van der Waals surface area contributed by atoms with Gasteiger partial charge in [-0.05, 0) is 60.2 Å². The lowest BCUT2D eigenvalue weighted by Gasteiger charge is -2.26. The summed E-state index contributed by atoms with van der Waals surface area (Å²) in [5, 5.41) is 5.79. The summed E-state index contributed by atoms with van der Waals surface area (Å²) in [6, 6.07) is 18.6. The van der Waals surface area contributed by atoms with Crippen molar-refractivity contribution in [2.24, 2.45) is 0 Å². The van der Waals surface area contributed by atoms with Crippen molar-refractivity contribution in [1.82, 2.24) is 5.32 Å². The van der Waals surface area contributed by atoms with Crippen LogP contribution in [0.5, 0.6) is 11.5 Å². The monoisotopic (exact) mass is 525 g/mol. The first kappa shape index (κ1) is 27.5. The van der Waals surface area contributed by atoms with Crippen LogP contribution in [0.2, 0.25) is 0 Å². The summed E-state index contributed by atoms with van der Waals surface area (Å²) in [6.45, 7) is 4.37. The molecule has 196 valence electrons. The Morgan fingerprint density at radius 3 is 1.92 bits per heavy atom. The van der Waals surface area contributed by atoms with Crippen LogP contribution in [0.15, 0.2) is 66.7 Å². The summed E-state index contributed by atoms with van der Waals surface area (Å²) in [6.07, 6.45) is 1.06. The van der Waals surface area contributed by atoms with Crippen molar-refractivity contribution in [2.45, 2.75) is 19.3 Å². The maximum absolute atomic E-state index is 12.7. The summed E-state index contributed by atoms with van der Waals surface area (Å²) in [7, 11) is -0.340. The number of anilines is 2. The number of methoxy groups -OCH3 is 2. The fraction of sp³-hybridized carbons (Fsp3) is 0.259. The van der Waals surface area contributed by atoms with Crippen LogP contribution in [0.3, 0.4) is 0 Å². The highest BCUT2D eigenvalue weighted by Gasteiger charge is 2.22. The molecular formula is C27H31N3O6S. The van der Waals surface area contributed by atoms with Gasteiger partial charge in [0.1, 0.15) is 0 Å². The van der Waals surface area contributed by atoms with E-state index in [0.29, 0.717) is 40.5 Å². The van der Waals surface area contributed by atoms with E-state index in [0.717, 1.165) is 11.8 Å². The standard InChI is InChI=1S/C27H31N3O6S/c1-27(2,17-28-25(31)18-6-11-22(12-7-18)30-37(5,33)34)20-9-13-21(14-10-20)29-26(32)19-8-15-23(35-3)24(16-19)36-4/h6-16,30H,17H2,1-5H3,(H,28,31)(H,29,32). The predicted molar refractivity (Wildman–Crippen MR) is 144 cm³/mol. The zero-order valence-corrected chi connectivity index (χ0v) is 22.2. The molecule has 0 bridgehead atoms. The molecule has 3 aromatic rings. The Morgan fingerprint density at radius 1 is 0.784 bits per heavy atom. The Labute approximate surface area is 217 Å². The number of rotatable bonds is 10. The summed E-state index contributed by atoms with van der Waals surface area (Å²) in [5.74, 6) is 0.463. The van der Waals surface area contributed by atoms with Gasteiger partial charge in [-0.25, -0.2) is 8.42 Å². The van der Waals surface area contributed by atoms with Crippen molar-refractivity contribution in [3.05, 3.63) is 83.4 Å². The predicted octanol–water partition coefficient (Wildman–Crippen LogP) is 4.04. The number of carbonyl (C=O) groups is 2. The van der Waals surface area contributed by atoms with E-state index >= 15 is 0 Å². The van der Waals surface area contributed by atoms with Crippen LogP contribution in [0.25, 0.3) is 0 Å². The van der Waals surface area contributed by atoms with Crippen LogP contribution in [0.4, 0.5) is 11.4 Å². The van der Waals surface area contributed by atoms with Crippen LogP contribution in [-0.4, -0.2) is 47.3 Å². The highest BCUT2D eigenvalue weighted by atomic mass is 32.2. The first-order chi connectivity index (χ1) is 17.4. The number of carbonyl (C=O) groups excluding carboxylic acids is 2. The third-order valence-electron chi connectivity index (χ3n) is 5.71. The van der Waals surface area contributed by atoms with Crippen LogP contribution >= 0.6 is 0 Å². The number of benzene rings is 3. The minimum absolute atomic E-state index is 0.266. The van der Waals surface area contributed by atoms with E-state index in [2.05, 4.69) is 15.4 Å². The highest BCUT2D eigenvalue weighted by molar-refractivity contribution is 7.92. The minimum Gasteiger partial charge on any atom is -0.493 e. The molecule has 0 atom stereocenters. The summed E-state index contributed by atoms with van der Waals surface area (Å²) >= 11 is 0. The van der Waals surface area contributed by atoms with Gasteiger partial charge < -0.3 is 20.1 Å². The zero-order chi connectivity index (χ0) is 27.2. The SMILES string of the molecule is COc1ccc(C(=O)Nc2ccc(C(C)(C)CNC(=O)c3ccc(NS(C)(=O)=O)cc3)cc2)cc1OC. The molecule has 0 aliphatic carbocycles. The molecular weight excluding hydrogens is 494 g/mol. The van der Waals surface area contributed by atoms with Gasteiger partial charge in [0.05, 0.1) is 20.5 Å². The van der Waals surface area contributed by atoms with Gasteiger partial charge in [0, 0.05) is 34.5 Å². The molecule has 0 heterocycles. The summed E-state index contributed by atoms with van der Waals surface area (Å²) < 4.78 is 35.5. The maximum atomic E-state index is 12.7. The van der Waals surface area contributed by atoms with Crippen LogP contribution in [0, 0.1) is 0 Å². The van der Waals surface area contributed by atoms with E-state index in [1.54, 1.807) is 30.3 Å². The number of amides is 2. The summed E-state index contributed by atoms with van der Waals surface area (Å²) in [5.41, 5.74) is 2.46. The first-order valence-electron chi connectivity index (χ1n) is 11.4. The van der Waals surface area contributed by atoms with Gasteiger partial charge in [0.15, 0.2) is 11.5 Å². The fourth-order valence-corrected chi connectivity index (χ4v) is 4.16. The zero-order valence-electron chi connectivity index (χ0n) is 21.4. The van der Waals surface area contributed by atoms with E-state index in [4.69, 9.17) is 9.47 Å². The molecule has 9 nitrogen and oxygen atoms in total. The Balaban J connectivity index is 1.60. The second-order valence-electron chi connectivity index (χ2n) is 9.12. The van der Waals surface area contributed by atoms with E-state index in [-0.39, 0.29) is 17.2 Å². The molecule has 0 radical (unpaired) electrons.